The maximum absolute atomic E-state index is 15.2. The van der Waals surface area contributed by atoms with Crippen molar-refractivity contribution in [2.75, 3.05) is 18.0 Å². The predicted molar refractivity (Wildman–Crippen MR) is 147 cm³/mol. The summed E-state index contributed by atoms with van der Waals surface area (Å²) >= 11 is 6.01. The molecule has 2 heterocycles. The van der Waals surface area contributed by atoms with E-state index in [1.165, 1.54) is 28.0 Å². The molecule has 0 radical (unpaired) electrons. The van der Waals surface area contributed by atoms with Crippen molar-refractivity contribution in [2.45, 2.75) is 56.7 Å². The molecule has 5 rings (SSSR count). The van der Waals surface area contributed by atoms with E-state index < -0.39 is 39.5 Å². The number of halogens is 2. The van der Waals surface area contributed by atoms with E-state index in [9.17, 15) is 18.0 Å². The van der Waals surface area contributed by atoms with Gasteiger partial charge >= 0.3 is 6.09 Å². The van der Waals surface area contributed by atoms with Crippen molar-refractivity contribution in [3.63, 3.8) is 0 Å². The molecule has 0 bridgehead atoms. The molecule has 2 aliphatic heterocycles. The van der Waals surface area contributed by atoms with Crippen LogP contribution < -0.4 is 9.62 Å². The Labute approximate surface area is 231 Å². The molecule has 0 saturated carbocycles. The van der Waals surface area contributed by atoms with E-state index in [0.29, 0.717) is 28.9 Å². The largest absolute Gasteiger partial charge is 0.444 e. The van der Waals surface area contributed by atoms with Gasteiger partial charge in [-0.15, -0.1) is 0 Å². The average molecular weight is 574 g/mol. The Kier molecular flexibility index (Phi) is 7.07. The van der Waals surface area contributed by atoms with Crippen LogP contribution in [0.1, 0.15) is 38.3 Å². The number of ether oxygens (including phenoxy) is 1. The molecule has 0 aromatic heterocycles. The van der Waals surface area contributed by atoms with E-state index in [-0.39, 0.29) is 30.1 Å². The van der Waals surface area contributed by atoms with Gasteiger partial charge in [0.25, 0.3) is 0 Å². The van der Waals surface area contributed by atoms with Gasteiger partial charge in [0.05, 0.1) is 10.6 Å². The number of nitrogens with zero attached hydrogens (tertiary/aromatic N) is 2. The molecule has 1 unspecified atom stereocenters. The van der Waals surface area contributed by atoms with E-state index in [1.807, 2.05) is 0 Å². The number of nitrogens with one attached hydrogen (secondary N) is 1. The van der Waals surface area contributed by atoms with E-state index >= 15 is 4.39 Å². The first-order chi connectivity index (χ1) is 18.3. The molecule has 206 valence electrons. The lowest BCUT2D eigenvalue weighted by Gasteiger charge is -2.32. The Morgan fingerprint density at radius 2 is 1.77 bits per heavy atom. The van der Waals surface area contributed by atoms with Crippen molar-refractivity contribution < 1.29 is 27.1 Å². The zero-order valence-corrected chi connectivity index (χ0v) is 23.4. The summed E-state index contributed by atoms with van der Waals surface area (Å²) in [6, 6.07) is 11.7. The molecule has 2 aliphatic rings. The van der Waals surface area contributed by atoms with Crippen LogP contribution in [0, 0.1) is 5.82 Å². The molecule has 1 atom stereocenters. The molecule has 3 aromatic rings. The summed E-state index contributed by atoms with van der Waals surface area (Å²) in [5.41, 5.74) is 0.950. The Bertz CT molecular complexity index is 1590. The van der Waals surface area contributed by atoms with Gasteiger partial charge in [-0.05, 0) is 91.9 Å². The number of benzene rings is 3. The first kappa shape index (κ1) is 27.4. The van der Waals surface area contributed by atoms with E-state index in [2.05, 4.69) is 4.72 Å². The minimum absolute atomic E-state index is 0.0260. The molecule has 1 N–H and O–H groups in total. The Morgan fingerprint density at radius 3 is 2.51 bits per heavy atom. The second kappa shape index (κ2) is 10.1. The number of anilines is 1. The van der Waals surface area contributed by atoms with Crippen LogP contribution in [0.15, 0.2) is 53.4 Å². The SMILES string of the molecule is CC(C)(C)OC(=O)N1CCc2cc(N3CCC(NS(=O)(=O)c4ccc5cc(Cl)ccc5c4)C3=O)c(F)cc2C1. The number of sulfonamides is 1. The van der Waals surface area contributed by atoms with Gasteiger partial charge in [-0.1, -0.05) is 23.7 Å². The zero-order chi connectivity index (χ0) is 28.1. The van der Waals surface area contributed by atoms with Crippen LogP contribution in [0.5, 0.6) is 0 Å². The number of carbonyl (C=O) groups excluding carboxylic acids is 2. The van der Waals surface area contributed by atoms with E-state index in [4.69, 9.17) is 16.3 Å². The third-order valence-corrected chi connectivity index (χ3v) is 8.52. The molecular formula is C28H29ClFN3O5S. The van der Waals surface area contributed by atoms with E-state index in [1.54, 1.807) is 51.1 Å². The Morgan fingerprint density at radius 1 is 1.05 bits per heavy atom. The lowest BCUT2D eigenvalue weighted by molar-refractivity contribution is -0.118. The molecule has 0 spiro atoms. The smallest absolute Gasteiger partial charge is 0.410 e. The van der Waals surface area contributed by atoms with Crippen LogP contribution in [-0.2, 0) is 32.5 Å². The summed E-state index contributed by atoms with van der Waals surface area (Å²) in [6.07, 6.45) is 0.217. The molecule has 11 heteroatoms. The highest BCUT2D eigenvalue weighted by Crippen LogP contribution is 2.32. The highest BCUT2D eigenvalue weighted by atomic mass is 35.5. The zero-order valence-electron chi connectivity index (χ0n) is 21.8. The van der Waals surface area contributed by atoms with Crippen LogP contribution in [0.3, 0.4) is 0 Å². The van der Waals surface area contributed by atoms with Crippen molar-refractivity contribution >= 4 is 50.1 Å². The fraction of sp³-hybridized carbons (Fsp3) is 0.357. The minimum atomic E-state index is -4.01. The fourth-order valence-corrected chi connectivity index (χ4v) is 6.34. The van der Waals surface area contributed by atoms with Crippen molar-refractivity contribution in [1.82, 2.24) is 9.62 Å². The predicted octanol–water partition coefficient (Wildman–Crippen LogP) is 5.01. The van der Waals surface area contributed by atoms with Crippen molar-refractivity contribution in [1.29, 1.82) is 0 Å². The molecule has 2 amide bonds. The first-order valence-electron chi connectivity index (χ1n) is 12.6. The van der Waals surface area contributed by atoms with Crippen LogP contribution in [-0.4, -0.2) is 50.1 Å². The lowest BCUT2D eigenvalue weighted by Crippen LogP contribution is -2.42. The van der Waals surface area contributed by atoms with Gasteiger partial charge in [0.1, 0.15) is 17.5 Å². The van der Waals surface area contributed by atoms with Gasteiger partial charge < -0.3 is 14.5 Å². The maximum atomic E-state index is 15.2. The normalized spacial score (nSPS) is 18.0. The second-order valence-corrected chi connectivity index (χ2v) is 13.0. The highest BCUT2D eigenvalue weighted by molar-refractivity contribution is 7.89. The summed E-state index contributed by atoms with van der Waals surface area (Å²) in [7, 11) is -4.01. The molecule has 3 aromatic carbocycles. The molecule has 39 heavy (non-hydrogen) atoms. The number of hydrogen-bond acceptors (Lipinski definition) is 5. The summed E-state index contributed by atoms with van der Waals surface area (Å²) < 4.78 is 49.3. The van der Waals surface area contributed by atoms with Crippen molar-refractivity contribution in [3.8, 4) is 0 Å². The minimum Gasteiger partial charge on any atom is -0.444 e. The van der Waals surface area contributed by atoms with Crippen molar-refractivity contribution in [3.05, 3.63) is 70.5 Å². The van der Waals surface area contributed by atoms with Crippen LogP contribution in [0.2, 0.25) is 5.02 Å². The first-order valence-corrected chi connectivity index (χ1v) is 14.5. The summed E-state index contributed by atoms with van der Waals surface area (Å²) in [4.78, 5) is 28.5. The van der Waals surface area contributed by atoms with Gasteiger partial charge in [0, 0.05) is 24.7 Å². The molecular weight excluding hydrogens is 545 g/mol. The van der Waals surface area contributed by atoms with Crippen LogP contribution in [0.25, 0.3) is 10.8 Å². The summed E-state index contributed by atoms with van der Waals surface area (Å²) in [6.45, 7) is 6.13. The van der Waals surface area contributed by atoms with Gasteiger partial charge in [0.15, 0.2) is 0 Å². The third-order valence-electron chi connectivity index (χ3n) is 6.81. The number of rotatable bonds is 4. The molecule has 8 nitrogen and oxygen atoms in total. The van der Waals surface area contributed by atoms with Crippen LogP contribution >= 0.6 is 11.6 Å². The van der Waals surface area contributed by atoms with Gasteiger partial charge in [-0.3, -0.25) is 4.79 Å². The molecule has 1 saturated heterocycles. The molecule has 1 fully saturated rings. The average Bonchev–Trinajstić information content (AvgIpc) is 3.20. The second-order valence-electron chi connectivity index (χ2n) is 10.8. The monoisotopic (exact) mass is 573 g/mol. The Hall–Kier alpha value is -3.21. The highest BCUT2D eigenvalue weighted by Gasteiger charge is 2.37. The van der Waals surface area contributed by atoms with Gasteiger partial charge in [-0.25, -0.2) is 17.6 Å². The number of fused-ring (bicyclic) bond motifs is 2. The van der Waals surface area contributed by atoms with Crippen LogP contribution in [0.4, 0.5) is 14.9 Å². The third kappa shape index (κ3) is 5.73. The fourth-order valence-electron chi connectivity index (χ4n) is 4.90. The number of amides is 2. The number of carbonyl (C=O) groups is 2. The lowest BCUT2D eigenvalue weighted by atomic mass is 9.98. The standard InChI is InChI=1S/C28H29ClFN3O5S/c1-28(2,3)38-27(35)32-10-8-19-15-25(23(30)14-20(19)16-32)33-11-9-24(26(33)34)31-39(36,37)22-7-5-17-12-21(29)6-4-18(17)13-22/h4-7,12-15,24,31H,8-11,16H2,1-3H3. The summed E-state index contributed by atoms with van der Waals surface area (Å²) in [5.74, 6) is -1.12. The summed E-state index contributed by atoms with van der Waals surface area (Å²) in [5, 5.41) is 2.03. The molecule has 0 aliphatic carbocycles. The van der Waals surface area contributed by atoms with Gasteiger partial charge in [0.2, 0.25) is 15.9 Å². The van der Waals surface area contributed by atoms with E-state index in [0.717, 1.165) is 10.9 Å². The number of hydrogen-bond donors (Lipinski definition) is 1. The quantitative estimate of drug-likeness (QED) is 0.473. The van der Waals surface area contributed by atoms with Crippen molar-refractivity contribution in [2.24, 2.45) is 0 Å². The Balaban J connectivity index is 1.31. The maximum Gasteiger partial charge on any atom is 0.410 e. The van der Waals surface area contributed by atoms with Gasteiger partial charge in [-0.2, -0.15) is 4.72 Å². The topological polar surface area (TPSA) is 96.0 Å².